The first kappa shape index (κ1) is 31.6. The van der Waals surface area contributed by atoms with Crippen LogP contribution in [0.25, 0.3) is 34.0 Å². The standard InChI is InChI=1S/C34H30N4O8S/c1-23-11-13-26(20-30(23)47(42,43)37-15-17-44-18-16-37)35-31(39)22-45-32(40)14-12-25-21-38(27-8-3-2-4-9-27)36-33(25)28-19-24-7-5-6-10-29(24)46-34(28)41/h2-14,19-21H,15-18,22H2,1H3,(H,35,39). The molecule has 1 aliphatic rings. The number of nitrogens with one attached hydrogen (secondary N) is 1. The maximum absolute atomic E-state index is 13.2. The molecule has 1 aliphatic heterocycles. The average molecular weight is 655 g/mol. The first-order valence-electron chi connectivity index (χ1n) is 14.7. The van der Waals surface area contributed by atoms with Gasteiger partial charge in [-0.25, -0.2) is 22.7 Å². The number of esters is 1. The molecule has 0 spiro atoms. The van der Waals surface area contributed by atoms with Crippen LogP contribution in [0.4, 0.5) is 5.69 Å². The Morgan fingerprint density at radius 1 is 1.00 bits per heavy atom. The van der Waals surface area contributed by atoms with Gasteiger partial charge in [0.1, 0.15) is 11.3 Å². The Morgan fingerprint density at radius 2 is 1.74 bits per heavy atom. The van der Waals surface area contributed by atoms with Crippen LogP contribution in [0.2, 0.25) is 0 Å². The fourth-order valence-corrected chi connectivity index (χ4v) is 6.74. The average Bonchev–Trinajstić information content (AvgIpc) is 3.51. The SMILES string of the molecule is Cc1ccc(NC(=O)COC(=O)C=Cc2cn(-c3ccccc3)nc2-c2cc3ccccc3oc2=O)cc1S(=O)(=O)N1CCOCC1. The van der Waals surface area contributed by atoms with Crippen LogP contribution in [0.1, 0.15) is 11.1 Å². The zero-order valence-electron chi connectivity index (χ0n) is 25.3. The number of hydrogen-bond donors (Lipinski definition) is 1. The lowest BCUT2D eigenvalue weighted by atomic mass is 10.1. The summed E-state index contributed by atoms with van der Waals surface area (Å²) in [6.45, 7) is 2.16. The van der Waals surface area contributed by atoms with Crippen LogP contribution in [0.15, 0.2) is 105 Å². The number of morpholine rings is 1. The Morgan fingerprint density at radius 3 is 2.53 bits per heavy atom. The number of carbonyl (C=O) groups is 2. The third kappa shape index (κ3) is 7.07. The monoisotopic (exact) mass is 654 g/mol. The molecule has 0 atom stereocenters. The Balaban J connectivity index is 1.17. The Hall–Kier alpha value is -5.37. The number of para-hydroxylation sites is 2. The fraction of sp³-hybridized carbons (Fsp3) is 0.176. The van der Waals surface area contributed by atoms with Crippen LogP contribution in [0, 0.1) is 6.92 Å². The van der Waals surface area contributed by atoms with Crippen LogP contribution in [0.5, 0.6) is 0 Å². The molecule has 6 rings (SSSR count). The molecule has 0 aliphatic carbocycles. The maximum atomic E-state index is 13.2. The van der Waals surface area contributed by atoms with Crippen molar-refractivity contribution >= 4 is 44.6 Å². The number of ether oxygens (including phenoxy) is 2. The molecule has 1 saturated heterocycles. The number of nitrogens with zero attached hydrogens (tertiary/aromatic N) is 3. The molecule has 0 bridgehead atoms. The molecular formula is C34H30N4O8S. The first-order valence-corrected chi connectivity index (χ1v) is 16.1. The van der Waals surface area contributed by atoms with Crippen LogP contribution in [-0.4, -0.2) is 67.3 Å². The molecule has 3 aromatic carbocycles. The van der Waals surface area contributed by atoms with Gasteiger partial charge in [0.05, 0.1) is 29.4 Å². The van der Waals surface area contributed by atoms with E-state index >= 15 is 0 Å². The summed E-state index contributed by atoms with van der Waals surface area (Å²) in [6.07, 6.45) is 4.24. The van der Waals surface area contributed by atoms with Crippen molar-refractivity contribution in [2.45, 2.75) is 11.8 Å². The predicted molar refractivity (Wildman–Crippen MR) is 174 cm³/mol. The highest BCUT2D eigenvalue weighted by Gasteiger charge is 2.28. The zero-order valence-corrected chi connectivity index (χ0v) is 26.1. The number of fused-ring (bicyclic) bond motifs is 1. The van der Waals surface area contributed by atoms with Crippen molar-refractivity contribution in [3.05, 3.63) is 113 Å². The summed E-state index contributed by atoms with van der Waals surface area (Å²) in [7, 11) is -3.79. The van der Waals surface area contributed by atoms with E-state index in [1.807, 2.05) is 42.5 Å². The number of rotatable bonds is 9. The maximum Gasteiger partial charge on any atom is 0.345 e. The van der Waals surface area contributed by atoms with Crippen molar-refractivity contribution in [2.75, 3.05) is 38.2 Å². The topological polar surface area (TPSA) is 150 Å². The molecule has 0 unspecified atom stereocenters. The Bertz CT molecular complexity index is 2150. The van der Waals surface area contributed by atoms with E-state index in [4.69, 9.17) is 13.9 Å². The zero-order chi connectivity index (χ0) is 33.0. The molecule has 1 fully saturated rings. The van der Waals surface area contributed by atoms with E-state index < -0.39 is 34.1 Å². The lowest BCUT2D eigenvalue weighted by Crippen LogP contribution is -2.40. The Labute approximate surface area is 269 Å². The van der Waals surface area contributed by atoms with E-state index in [1.165, 1.54) is 16.4 Å². The van der Waals surface area contributed by atoms with Crippen molar-refractivity contribution in [3.8, 4) is 16.9 Å². The summed E-state index contributed by atoms with van der Waals surface area (Å²) in [5.74, 6) is -1.47. The van der Waals surface area contributed by atoms with Gasteiger partial charge in [-0.15, -0.1) is 0 Å². The highest BCUT2D eigenvalue weighted by Crippen LogP contribution is 2.26. The third-order valence-corrected chi connectivity index (χ3v) is 9.50. The van der Waals surface area contributed by atoms with E-state index in [0.717, 1.165) is 11.8 Å². The van der Waals surface area contributed by atoms with Crippen LogP contribution < -0.4 is 10.9 Å². The lowest BCUT2D eigenvalue weighted by Gasteiger charge is -2.26. The van der Waals surface area contributed by atoms with Crippen molar-refractivity contribution in [3.63, 3.8) is 0 Å². The molecule has 13 heteroatoms. The smallest absolute Gasteiger partial charge is 0.345 e. The van der Waals surface area contributed by atoms with Crippen LogP contribution >= 0.6 is 0 Å². The number of aromatic nitrogens is 2. The van der Waals surface area contributed by atoms with Gasteiger partial charge in [0.15, 0.2) is 6.61 Å². The van der Waals surface area contributed by atoms with Crippen LogP contribution in [0.3, 0.4) is 0 Å². The first-order chi connectivity index (χ1) is 22.7. The molecule has 2 aromatic heterocycles. The molecule has 1 N–H and O–H groups in total. The molecule has 3 heterocycles. The van der Waals surface area contributed by atoms with E-state index in [1.54, 1.807) is 48.1 Å². The number of anilines is 1. The number of carbonyl (C=O) groups excluding carboxylic acids is 2. The minimum absolute atomic E-state index is 0.0735. The number of sulfonamides is 1. The van der Waals surface area contributed by atoms with E-state index in [9.17, 15) is 22.8 Å². The second kappa shape index (κ2) is 13.5. The van der Waals surface area contributed by atoms with Crippen molar-refractivity contribution in [2.24, 2.45) is 0 Å². The van der Waals surface area contributed by atoms with E-state index in [0.29, 0.717) is 35.3 Å². The van der Waals surface area contributed by atoms with Gasteiger partial charge in [-0.1, -0.05) is 42.5 Å². The van der Waals surface area contributed by atoms with Gasteiger partial charge in [-0.2, -0.15) is 9.40 Å². The molecule has 240 valence electrons. The summed E-state index contributed by atoms with van der Waals surface area (Å²) < 4.78 is 45.2. The molecule has 0 saturated carbocycles. The van der Waals surface area contributed by atoms with Crippen molar-refractivity contribution in [1.29, 1.82) is 0 Å². The molecule has 12 nitrogen and oxygen atoms in total. The molecular weight excluding hydrogens is 624 g/mol. The quantitative estimate of drug-likeness (QED) is 0.140. The van der Waals surface area contributed by atoms with Crippen molar-refractivity contribution < 1.29 is 31.9 Å². The van der Waals surface area contributed by atoms with Gasteiger partial charge in [-0.3, -0.25) is 4.79 Å². The van der Waals surface area contributed by atoms with Gasteiger partial charge in [0, 0.05) is 42.0 Å². The van der Waals surface area contributed by atoms with Gasteiger partial charge < -0.3 is 19.2 Å². The highest BCUT2D eigenvalue weighted by molar-refractivity contribution is 7.89. The van der Waals surface area contributed by atoms with E-state index in [2.05, 4.69) is 10.4 Å². The highest BCUT2D eigenvalue weighted by atomic mass is 32.2. The third-order valence-electron chi connectivity index (χ3n) is 7.46. The minimum Gasteiger partial charge on any atom is -0.452 e. The van der Waals surface area contributed by atoms with Gasteiger partial charge >= 0.3 is 11.6 Å². The minimum atomic E-state index is -3.79. The fourth-order valence-electron chi connectivity index (χ4n) is 5.08. The van der Waals surface area contributed by atoms with Gasteiger partial charge in [0.25, 0.3) is 5.91 Å². The summed E-state index contributed by atoms with van der Waals surface area (Å²) in [4.78, 5) is 38.3. The summed E-state index contributed by atoms with van der Waals surface area (Å²) >= 11 is 0. The van der Waals surface area contributed by atoms with Crippen molar-refractivity contribution in [1.82, 2.24) is 14.1 Å². The second-order valence-electron chi connectivity index (χ2n) is 10.7. The summed E-state index contributed by atoms with van der Waals surface area (Å²) in [5.41, 5.74) is 2.28. The lowest BCUT2D eigenvalue weighted by molar-refractivity contribution is -0.142. The number of benzene rings is 3. The summed E-state index contributed by atoms with van der Waals surface area (Å²) in [6, 6.07) is 22.6. The summed E-state index contributed by atoms with van der Waals surface area (Å²) in [5, 5.41) is 7.90. The molecule has 5 aromatic rings. The molecule has 1 amide bonds. The molecule has 47 heavy (non-hydrogen) atoms. The predicted octanol–water partition coefficient (Wildman–Crippen LogP) is 4.17. The number of aryl methyl sites for hydroxylation is 1. The Kier molecular flexibility index (Phi) is 9.11. The normalized spacial score (nSPS) is 14.0. The van der Waals surface area contributed by atoms with E-state index in [-0.39, 0.29) is 34.9 Å². The number of amides is 1. The number of hydrogen-bond acceptors (Lipinski definition) is 9. The molecule has 0 radical (unpaired) electrons. The second-order valence-corrected chi connectivity index (χ2v) is 12.6. The van der Waals surface area contributed by atoms with Crippen LogP contribution in [-0.2, 0) is 29.1 Å². The largest absolute Gasteiger partial charge is 0.452 e. The van der Waals surface area contributed by atoms with Gasteiger partial charge in [-0.05, 0) is 55.0 Å². The van der Waals surface area contributed by atoms with Gasteiger partial charge in [0.2, 0.25) is 10.0 Å².